The average Bonchev–Trinajstić information content (AvgIpc) is 3.54. The normalized spacial score (nSPS) is 23.2. The number of carbonyl (C=O) groups is 5. The fraction of sp³-hybridized carbons (Fsp3) is 0.455. The minimum atomic E-state index is -0.999. The fourth-order valence-electron chi connectivity index (χ4n) is 8.98. The third-order valence-electron chi connectivity index (χ3n) is 12.7. The van der Waals surface area contributed by atoms with Crippen LogP contribution in [0, 0.1) is 24.2 Å². The van der Waals surface area contributed by atoms with Gasteiger partial charge in [-0.2, -0.15) is 5.26 Å². The predicted molar refractivity (Wildman–Crippen MR) is 223 cm³/mol. The molecule has 306 valence electrons. The number of pyridine rings is 1. The lowest BCUT2D eigenvalue weighted by molar-refractivity contribution is -0.136. The third-order valence-corrected chi connectivity index (χ3v) is 13.1. The van der Waals surface area contributed by atoms with E-state index in [4.69, 9.17) is 21.9 Å². The molecule has 0 spiro atoms. The zero-order valence-corrected chi connectivity index (χ0v) is 34.6. The molecule has 1 saturated carbocycles. The van der Waals surface area contributed by atoms with Crippen molar-refractivity contribution < 1.29 is 28.7 Å². The van der Waals surface area contributed by atoms with E-state index >= 15 is 0 Å². The number of aryl methyl sites for hydroxylation is 1. The smallest absolute Gasteiger partial charge is 0.262 e. The number of nitrogens with zero attached hydrogens (tertiary/aromatic N) is 7. The SMILES string of the molecule is CCN(CC1CCN(c2ccc(CN3C(=S)N(c4ccc(C#N)c(C)c4)C(=O)C3(C)C)cn2)CC1)C1CC(Oc2ccc3c(c2)C(=O)N(C2CCC(=O)NC2=O)C3=O)C1. The van der Waals surface area contributed by atoms with Gasteiger partial charge in [-0.15, -0.1) is 0 Å². The van der Waals surface area contributed by atoms with Gasteiger partial charge < -0.3 is 19.4 Å². The van der Waals surface area contributed by atoms with Gasteiger partial charge in [-0.25, -0.2) is 4.98 Å². The molecule has 5 heterocycles. The summed E-state index contributed by atoms with van der Waals surface area (Å²) in [6.07, 6.45) is 5.94. The summed E-state index contributed by atoms with van der Waals surface area (Å²) in [5.74, 6) is -0.180. The molecular formula is C44H48N8O6S. The van der Waals surface area contributed by atoms with Crippen LogP contribution in [0.1, 0.15) is 96.7 Å². The van der Waals surface area contributed by atoms with Crippen molar-refractivity contribution in [1.82, 2.24) is 25.0 Å². The minimum Gasteiger partial charge on any atom is -0.490 e. The van der Waals surface area contributed by atoms with E-state index in [9.17, 15) is 29.2 Å². The summed E-state index contributed by atoms with van der Waals surface area (Å²) < 4.78 is 6.27. The van der Waals surface area contributed by atoms with Gasteiger partial charge in [-0.3, -0.25) is 39.1 Å². The fourth-order valence-corrected chi connectivity index (χ4v) is 9.46. The molecule has 14 nitrogen and oxygen atoms in total. The minimum absolute atomic E-state index is 0.000189. The molecule has 0 radical (unpaired) electrons. The number of nitriles is 1. The maximum Gasteiger partial charge on any atom is 0.262 e. The van der Waals surface area contributed by atoms with Crippen LogP contribution < -0.4 is 19.9 Å². The van der Waals surface area contributed by atoms with Crippen LogP contribution >= 0.6 is 12.2 Å². The molecule has 4 aliphatic heterocycles. The van der Waals surface area contributed by atoms with Gasteiger partial charge in [0.05, 0.1) is 28.4 Å². The number of fused-ring (bicyclic) bond motifs is 1. The first-order valence-corrected chi connectivity index (χ1v) is 20.8. The highest BCUT2D eigenvalue weighted by Crippen LogP contribution is 2.37. The monoisotopic (exact) mass is 816 g/mol. The highest BCUT2D eigenvalue weighted by Gasteiger charge is 2.50. The Morgan fingerprint density at radius 2 is 1.73 bits per heavy atom. The molecule has 15 heteroatoms. The van der Waals surface area contributed by atoms with Gasteiger partial charge in [0, 0.05) is 57.7 Å². The van der Waals surface area contributed by atoms with Gasteiger partial charge in [0.1, 0.15) is 29.3 Å². The number of carbonyl (C=O) groups excluding carboxylic acids is 5. The van der Waals surface area contributed by atoms with Crippen molar-refractivity contribution in [1.29, 1.82) is 5.26 Å². The van der Waals surface area contributed by atoms with Crippen LogP contribution in [0.15, 0.2) is 54.7 Å². The van der Waals surface area contributed by atoms with Crippen LogP contribution in [0.25, 0.3) is 0 Å². The highest BCUT2D eigenvalue weighted by atomic mass is 32.1. The molecule has 59 heavy (non-hydrogen) atoms. The number of piperidine rings is 2. The van der Waals surface area contributed by atoms with Crippen molar-refractivity contribution in [3.05, 3.63) is 82.5 Å². The van der Waals surface area contributed by atoms with Crippen molar-refractivity contribution in [3.8, 4) is 11.8 Å². The van der Waals surface area contributed by atoms with E-state index in [1.165, 1.54) is 0 Å². The van der Waals surface area contributed by atoms with Crippen molar-refractivity contribution >= 4 is 58.4 Å². The van der Waals surface area contributed by atoms with Crippen LogP contribution in [-0.4, -0.2) is 104 Å². The van der Waals surface area contributed by atoms with Crippen LogP contribution in [0.2, 0.25) is 0 Å². The van der Waals surface area contributed by atoms with Crippen molar-refractivity contribution in [2.75, 3.05) is 36.0 Å². The summed E-state index contributed by atoms with van der Waals surface area (Å²) in [6, 6.07) is 15.9. The van der Waals surface area contributed by atoms with Gasteiger partial charge in [-0.1, -0.05) is 13.0 Å². The number of nitrogens with one attached hydrogen (secondary N) is 1. The van der Waals surface area contributed by atoms with Gasteiger partial charge in [0.25, 0.3) is 17.7 Å². The van der Waals surface area contributed by atoms with E-state index in [-0.39, 0.29) is 36.0 Å². The van der Waals surface area contributed by atoms with Gasteiger partial charge >= 0.3 is 0 Å². The Morgan fingerprint density at radius 3 is 2.39 bits per heavy atom. The van der Waals surface area contributed by atoms with E-state index in [2.05, 4.69) is 40.2 Å². The number of aromatic nitrogens is 1. The highest BCUT2D eigenvalue weighted by molar-refractivity contribution is 7.80. The number of anilines is 2. The molecule has 1 aromatic heterocycles. The molecule has 2 aromatic carbocycles. The van der Waals surface area contributed by atoms with Crippen molar-refractivity contribution in [2.45, 2.75) is 96.5 Å². The second kappa shape index (κ2) is 15.8. The second-order valence-electron chi connectivity index (χ2n) is 16.7. The lowest BCUT2D eigenvalue weighted by Gasteiger charge is -2.44. The van der Waals surface area contributed by atoms with E-state index in [1.807, 2.05) is 37.9 Å². The molecule has 1 unspecified atom stereocenters. The Morgan fingerprint density at radius 1 is 0.983 bits per heavy atom. The van der Waals surface area contributed by atoms with Crippen LogP contribution in [-0.2, 0) is 20.9 Å². The van der Waals surface area contributed by atoms with Crippen LogP contribution in [0.5, 0.6) is 5.75 Å². The van der Waals surface area contributed by atoms with Crippen molar-refractivity contribution in [3.63, 3.8) is 0 Å². The van der Waals surface area contributed by atoms with E-state index in [1.54, 1.807) is 35.2 Å². The summed E-state index contributed by atoms with van der Waals surface area (Å²) in [6.45, 7) is 12.1. The number of hydrogen-bond acceptors (Lipinski definition) is 11. The summed E-state index contributed by atoms with van der Waals surface area (Å²) in [5.41, 5.74) is 2.59. The van der Waals surface area contributed by atoms with Gasteiger partial charge in [-0.05, 0) is 118 Å². The van der Waals surface area contributed by atoms with Crippen LogP contribution in [0.3, 0.4) is 0 Å². The molecule has 4 fully saturated rings. The summed E-state index contributed by atoms with van der Waals surface area (Å²) in [5, 5.41) is 12.0. The molecule has 5 amide bonds. The van der Waals surface area contributed by atoms with E-state index < -0.39 is 35.2 Å². The number of amides is 5. The maximum absolute atomic E-state index is 13.6. The van der Waals surface area contributed by atoms with Crippen molar-refractivity contribution in [2.24, 2.45) is 5.92 Å². The summed E-state index contributed by atoms with van der Waals surface area (Å²) in [4.78, 5) is 78.1. The zero-order valence-electron chi connectivity index (χ0n) is 33.8. The number of rotatable bonds is 11. The molecule has 1 N–H and O–H groups in total. The molecule has 8 rings (SSSR count). The molecule has 1 aliphatic carbocycles. The number of imide groups is 2. The number of ether oxygens (including phenoxy) is 1. The van der Waals surface area contributed by atoms with Crippen LogP contribution in [0.4, 0.5) is 11.5 Å². The largest absolute Gasteiger partial charge is 0.490 e. The predicted octanol–water partition coefficient (Wildman–Crippen LogP) is 4.72. The first kappa shape index (κ1) is 40.1. The summed E-state index contributed by atoms with van der Waals surface area (Å²) in [7, 11) is 0. The Kier molecular flexibility index (Phi) is 10.7. The molecule has 3 saturated heterocycles. The third kappa shape index (κ3) is 7.44. The van der Waals surface area contributed by atoms with Gasteiger partial charge in [0.2, 0.25) is 11.8 Å². The average molecular weight is 817 g/mol. The number of thiocarbonyl (C=S) groups is 1. The molecule has 0 bridgehead atoms. The molecular weight excluding hydrogens is 769 g/mol. The number of hydrogen-bond donors (Lipinski definition) is 1. The summed E-state index contributed by atoms with van der Waals surface area (Å²) >= 11 is 5.85. The maximum atomic E-state index is 13.6. The topological polar surface area (TPSA) is 159 Å². The lowest BCUT2D eigenvalue weighted by Crippen LogP contribution is -2.54. The van der Waals surface area contributed by atoms with Gasteiger partial charge in [0.15, 0.2) is 5.11 Å². The van der Waals surface area contributed by atoms with E-state index in [0.717, 1.165) is 73.7 Å². The lowest BCUT2D eigenvalue weighted by atomic mass is 9.86. The first-order chi connectivity index (χ1) is 28.3. The number of benzene rings is 2. The van der Waals surface area contributed by atoms with E-state index in [0.29, 0.717) is 40.6 Å². The first-order valence-electron chi connectivity index (χ1n) is 20.4. The Hall–Kier alpha value is -5.72. The molecule has 5 aliphatic rings. The molecule has 3 aromatic rings. The quantitative estimate of drug-likeness (QED) is 0.210. The standard InChI is InChI=1S/C44H48N8O6S/c1-5-48(31-19-33(20-31)58-32-9-10-34-35(21-32)41(56)52(40(34)55)36-11-13-38(53)47-39(36)54)24-27-14-16-49(17-15-27)37-12-6-28(23-46-37)25-50-43(59)51(42(57)44(50,3)4)30-8-7-29(22-45)26(2)18-30/h6-10,12,18,21,23,27,31,33,36H,5,11,13-17,19-20,24-25H2,1-4H3,(H,47,53,54). The Balaban J connectivity index is 0.803. The molecule has 1 atom stereocenters. The Bertz CT molecular complexity index is 2280. The Labute approximate surface area is 349 Å². The second-order valence-corrected chi connectivity index (χ2v) is 17.1. The zero-order chi connectivity index (χ0) is 41.7.